The third-order valence-corrected chi connectivity index (χ3v) is 1.61. The molecule has 0 amide bonds. The Labute approximate surface area is 80.3 Å². The molecule has 0 heterocycles. The van der Waals surface area contributed by atoms with Crippen molar-refractivity contribution in [3.05, 3.63) is 24.5 Å². The normalized spacial score (nSPS) is 11.1. The number of hydrogen-bond donors (Lipinski definition) is 0. The van der Waals surface area contributed by atoms with Crippen molar-refractivity contribution in [2.75, 3.05) is 0 Å². The molecule has 0 saturated heterocycles. The number of rotatable bonds is 6. The molecule has 2 heteroatoms. The summed E-state index contributed by atoms with van der Waals surface area (Å²) >= 11 is 0. The smallest absolute Gasteiger partial charge is 0.307 e. The molecule has 0 saturated carbocycles. The zero-order chi connectivity index (χ0) is 10.1. The molecule has 0 unspecified atom stereocenters. The first kappa shape index (κ1) is 11.9. The second-order valence-electron chi connectivity index (χ2n) is 2.92. The first-order valence-electron chi connectivity index (χ1n) is 4.70. The van der Waals surface area contributed by atoms with Crippen molar-refractivity contribution >= 4 is 5.97 Å². The Balaban J connectivity index is 3.88. The molecule has 0 aromatic carbocycles. The van der Waals surface area contributed by atoms with Gasteiger partial charge in [0.2, 0.25) is 0 Å². The van der Waals surface area contributed by atoms with Crippen LogP contribution >= 0.6 is 0 Å². The van der Waals surface area contributed by atoms with Gasteiger partial charge in [-0.05, 0) is 12.5 Å². The van der Waals surface area contributed by atoms with Gasteiger partial charge in [-0.1, -0.05) is 32.4 Å². The predicted molar refractivity (Wildman–Crippen MR) is 54.2 cm³/mol. The quantitative estimate of drug-likeness (QED) is 0.273. The fourth-order valence-corrected chi connectivity index (χ4v) is 1.03. The molecular weight excluding hydrogens is 164 g/mol. The van der Waals surface area contributed by atoms with E-state index < -0.39 is 0 Å². The fraction of sp³-hybridized carbons (Fsp3) is 0.545. The molecule has 0 atom stereocenters. The molecule has 0 aliphatic heterocycles. The Morgan fingerprint density at radius 3 is 2.62 bits per heavy atom. The van der Waals surface area contributed by atoms with Crippen LogP contribution in [0.4, 0.5) is 0 Å². The van der Waals surface area contributed by atoms with Gasteiger partial charge < -0.3 is 4.74 Å². The molecule has 74 valence electrons. The number of allylic oxidation sites excluding steroid dienone is 3. The summed E-state index contributed by atoms with van der Waals surface area (Å²) in [6, 6.07) is 0. The van der Waals surface area contributed by atoms with Crippen LogP contribution in [0, 0.1) is 0 Å². The van der Waals surface area contributed by atoms with Crippen molar-refractivity contribution in [3.8, 4) is 0 Å². The van der Waals surface area contributed by atoms with E-state index in [0.29, 0.717) is 0 Å². The highest BCUT2D eigenvalue weighted by Crippen LogP contribution is 2.10. The van der Waals surface area contributed by atoms with Crippen LogP contribution in [0.25, 0.3) is 0 Å². The van der Waals surface area contributed by atoms with E-state index in [1.54, 1.807) is 12.2 Å². The van der Waals surface area contributed by atoms with E-state index in [-0.39, 0.29) is 5.97 Å². The topological polar surface area (TPSA) is 26.3 Å². The molecule has 0 aromatic rings. The Morgan fingerprint density at radius 2 is 2.15 bits per heavy atom. The molecule has 0 radical (unpaired) electrons. The molecule has 0 aliphatic carbocycles. The van der Waals surface area contributed by atoms with Gasteiger partial charge in [-0.15, -0.1) is 0 Å². The lowest BCUT2D eigenvalue weighted by molar-refractivity contribution is -0.137. The summed E-state index contributed by atoms with van der Waals surface area (Å²) in [5, 5.41) is 0. The minimum Gasteiger partial charge on any atom is -0.431 e. The first-order valence-corrected chi connectivity index (χ1v) is 4.70. The van der Waals surface area contributed by atoms with E-state index >= 15 is 0 Å². The van der Waals surface area contributed by atoms with Gasteiger partial charge in [-0.2, -0.15) is 0 Å². The summed E-state index contributed by atoms with van der Waals surface area (Å²) in [6.45, 7) is 7.12. The molecule has 0 bridgehead atoms. The summed E-state index contributed by atoms with van der Waals surface area (Å²) < 4.78 is 4.99. The maximum absolute atomic E-state index is 10.7. The van der Waals surface area contributed by atoms with Crippen molar-refractivity contribution in [1.29, 1.82) is 0 Å². The van der Waals surface area contributed by atoms with Gasteiger partial charge in [0.05, 0.1) is 0 Å². The molecule has 0 aromatic heterocycles. The fourth-order valence-electron chi connectivity index (χ4n) is 1.03. The lowest BCUT2D eigenvalue weighted by Crippen LogP contribution is -1.98. The van der Waals surface area contributed by atoms with Crippen molar-refractivity contribution in [3.63, 3.8) is 0 Å². The zero-order valence-electron chi connectivity index (χ0n) is 8.51. The first-order chi connectivity index (χ1) is 6.20. The van der Waals surface area contributed by atoms with Gasteiger partial charge in [0.15, 0.2) is 0 Å². The Kier molecular flexibility index (Phi) is 6.98. The van der Waals surface area contributed by atoms with E-state index in [1.165, 1.54) is 13.3 Å². The van der Waals surface area contributed by atoms with Gasteiger partial charge in [-0.25, -0.2) is 0 Å². The Bertz CT molecular complexity index is 192. The maximum Gasteiger partial charge on any atom is 0.307 e. The van der Waals surface area contributed by atoms with E-state index in [2.05, 4.69) is 13.5 Å². The minimum absolute atomic E-state index is 0.260. The standard InChI is InChI=1S/C11H18O2/c1-4-6-7-9-11(8-5-2)13-10(3)12/h5,8H,2,4,6-7,9H2,1,3H3. The van der Waals surface area contributed by atoms with E-state index in [1.807, 2.05) is 0 Å². The minimum atomic E-state index is -0.260. The van der Waals surface area contributed by atoms with Crippen molar-refractivity contribution < 1.29 is 9.53 Å². The van der Waals surface area contributed by atoms with Crippen LogP contribution in [0.5, 0.6) is 0 Å². The van der Waals surface area contributed by atoms with Gasteiger partial charge in [0, 0.05) is 13.3 Å². The average molecular weight is 182 g/mol. The number of hydrogen-bond acceptors (Lipinski definition) is 2. The molecule has 0 rings (SSSR count). The van der Waals surface area contributed by atoms with Crippen LogP contribution in [0.1, 0.15) is 39.5 Å². The number of carbonyl (C=O) groups is 1. The average Bonchev–Trinajstić information content (AvgIpc) is 2.04. The summed E-state index contributed by atoms with van der Waals surface area (Å²) in [4.78, 5) is 10.7. The summed E-state index contributed by atoms with van der Waals surface area (Å²) in [6.07, 6.45) is 7.60. The SMILES string of the molecule is C=CC=C(CCCCC)OC(C)=O. The van der Waals surface area contributed by atoms with E-state index in [4.69, 9.17) is 4.74 Å². The third-order valence-electron chi connectivity index (χ3n) is 1.61. The highest BCUT2D eigenvalue weighted by atomic mass is 16.5. The zero-order valence-corrected chi connectivity index (χ0v) is 8.51. The second kappa shape index (κ2) is 7.59. The van der Waals surface area contributed by atoms with Crippen LogP contribution < -0.4 is 0 Å². The highest BCUT2D eigenvalue weighted by molar-refractivity contribution is 5.67. The van der Waals surface area contributed by atoms with Gasteiger partial charge in [-0.3, -0.25) is 4.79 Å². The van der Waals surface area contributed by atoms with Crippen LogP contribution in [-0.2, 0) is 9.53 Å². The number of esters is 1. The van der Waals surface area contributed by atoms with Crippen molar-refractivity contribution in [2.24, 2.45) is 0 Å². The molecule has 2 nitrogen and oxygen atoms in total. The number of ether oxygens (including phenoxy) is 1. The third kappa shape index (κ3) is 7.32. The summed E-state index contributed by atoms with van der Waals surface area (Å²) in [5.74, 6) is 0.459. The second-order valence-corrected chi connectivity index (χ2v) is 2.92. The molecule has 0 fully saturated rings. The monoisotopic (exact) mass is 182 g/mol. The van der Waals surface area contributed by atoms with Crippen molar-refractivity contribution in [1.82, 2.24) is 0 Å². The lowest BCUT2D eigenvalue weighted by atomic mass is 10.2. The van der Waals surface area contributed by atoms with E-state index in [0.717, 1.165) is 25.0 Å². The molecule has 0 aliphatic rings. The van der Waals surface area contributed by atoms with Gasteiger partial charge in [0.1, 0.15) is 5.76 Å². The Hall–Kier alpha value is -1.05. The predicted octanol–water partition coefficient (Wildman–Crippen LogP) is 3.20. The molecule has 13 heavy (non-hydrogen) atoms. The van der Waals surface area contributed by atoms with Crippen LogP contribution in [0.15, 0.2) is 24.5 Å². The van der Waals surface area contributed by atoms with E-state index in [9.17, 15) is 4.79 Å². The molecule has 0 N–H and O–H groups in total. The van der Waals surface area contributed by atoms with Crippen LogP contribution in [-0.4, -0.2) is 5.97 Å². The Morgan fingerprint density at radius 1 is 1.46 bits per heavy atom. The van der Waals surface area contributed by atoms with Crippen LogP contribution in [0.3, 0.4) is 0 Å². The summed E-state index contributed by atoms with van der Waals surface area (Å²) in [5.41, 5.74) is 0. The summed E-state index contributed by atoms with van der Waals surface area (Å²) in [7, 11) is 0. The molecule has 0 spiro atoms. The largest absolute Gasteiger partial charge is 0.431 e. The number of carbonyl (C=O) groups excluding carboxylic acids is 1. The lowest BCUT2D eigenvalue weighted by Gasteiger charge is -2.05. The molecular formula is C11H18O2. The maximum atomic E-state index is 10.7. The van der Waals surface area contributed by atoms with Gasteiger partial charge >= 0.3 is 5.97 Å². The van der Waals surface area contributed by atoms with Gasteiger partial charge in [0.25, 0.3) is 0 Å². The van der Waals surface area contributed by atoms with Crippen LogP contribution in [0.2, 0.25) is 0 Å². The highest BCUT2D eigenvalue weighted by Gasteiger charge is 2.00. The number of unbranched alkanes of at least 4 members (excludes halogenated alkanes) is 2. The van der Waals surface area contributed by atoms with Crippen molar-refractivity contribution in [2.45, 2.75) is 39.5 Å².